The van der Waals surface area contributed by atoms with Crippen LogP contribution in [0.15, 0.2) is 34.9 Å². The predicted molar refractivity (Wildman–Crippen MR) is 73.2 cm³/mol. The summed E-state index contributed by atoms with van der Waals surface area (Å²) in [5.74, 6) is 0.0293. The number of primary amides is 1. The summed E-state index contributed by atoms with van der Waals surface area (Å²) in [5, 5.41) is 6.17. The van der Waals surface area contributed by atoms with Gasteiger partial charge in [-0.3, -0.25) is 0 Å². The summed E-state index contributed by atoms with van der Waals surface area (Å²) in [5.41, 5.74) is 6.95. The Bertz CT molecular complexity index is 634. The van der Waals surface area contributed by atoms with Crippen molar-refractivity contribution in [1.82, 2.24) is 10.5 Å². The first-order chi connectivity index (χ1) is 10.0. The molecule has 2 aromatic rings. The number of carbonyl (C=O) groups excluding carboxylic acids is 2. The number of esters is 1. The quantitative estimate of drug-likeness (QED) is 0.811. The van der Waals surface area contributed by atoms with Gasteiger partial charge < -0.3 is 20.3 Å². The third-order valence-corrected chi connectivity index (χ3v) is 2.68. The highest BCUT2D eigenvalue weighted by Gasteiger charge is 2.09. The van der Waals surface area contributed by atoms with Gasteiger partial charge in [-0.15, -0.1) is 0 Å². The minimum absolute atomic E-state index is 0.0324. The first-order valence-corrected chi connectivity index (χ1v) is 6.26. The molecule has 3 N–H and O–H groups in total. The highest BCUT2D eigenvalue weighted by atomic mass is 16.5. The summed E-state index contributed by atoms with van der Waals surface area (Å²) in [6.07, 6.45) is 0. The molecule has 0 unspecified atom stereocenters. The molecule has 0 aliphatic rings. The average molecular weight is 289 g/mol. The molecule has 2 rings (SSSR count). The lowest BCUT2D eigenvalue weighted by atomic mass is 10.1. The summed E-state index contributed by atoms with van der Waals surface area (Å²) in [6.45, 7) is 2.13. The smallest absolute Gasteiger partial charge is 0.338 e. The van der Waals surface area contributed by atoms with Crippen LogP contribution in [-0.4, -0.2) is 17.2 Å². The van der Waals surface area contributed by atoms with E-state index in [1.54, 1.807) is 37.3 Å². The molecule has 2 amide bonds. The Kier molecular flexibility index (Phi) is 4.55. The van der Waals surface area contributed by atoms with E-state index >= 15 is 0 Å². The zero-order valence-electron chi connectivity index (χ0n) is 11.5. The average Bonchev–Trinajstić information content (AvgIpc) is 2.89. The van der Waals surface area contributed by atoms with Crippen molar-refractivity contribution in [3.8, 4) is 0 Å². The van der Waals surface area contributed by atoms with Crippen LogP contribution in [0.3, 0.4) is 0 Å². The van der Waals surface area contributed by atoms with Crippen molar-refractivity contribution in [2.45, 2.75) is 20.1 Å². The van der Waals surface area contributed by atoms with E-state index in [0.29, 0.717) is 17.9 Å². The number of amides is 2. The van der Waals surface area contributed by atoms with Crippen molar-refractivity contribution in [2.75, 3.05) is 0 Å². The second-order valence-corrected chi connectivity index (χ2v) is 4.43. The molecular formula is C14H15N3O4. The molecule has 0 radical (unpaired) electrons. The van der Waals surface area contributed by atoms with E-state index in [1.807, 2.05) is 0 Å². The summed E-state index contributed by atoms with van der Waals surface area (Å²) in [4.78, 5) is 22.4. The highest BCUT2D eigenvalue weighted by Crippen LogP contribution is 2.09. The minimum Gasteiger partial charge on any atom is -0.454 e. The largest absolute Gasteiger partial charge is 0.454 e. The molecule has 7 nitrogen and oxygen atoms in total. The summed E-state index contributed by atoms with van der Waals surface area (Å²) in [7, 11) is 0. The van der Waals surface area contributed by atoms with Crippen LogP contribution >= 0.6 is 0 Å². The van der Waals surface area contributed by atoms with Crippen LogP contribution in [0.4, 0.5) is 4.79 Å². The number of nitrogens with two attached hydrogens (primary N) is 1. The van der Waals surface area contributed by atoms with Crippen molar-refractivity contribution < 1.29 is 18.8 Å². The molecule has 0 saturated carbocycles. The van der Waals surface area contributed by atoms with E-state index in [0.717, 1.165) is 11.3 Å². The summed E-state index contributed by atoms with van der Waals surface area (Å²) in [6, 6.07) is 7.76. The molecule has 0 saturated heterocycles. The molecule has 1 heterocycles. The lowest BCUT2D eigenvalue weighted by Crippen LogP contribution is -2.28. The molecule has 21 heavy (non-hydrogen) atoms. The van der Waals surface area contributed by atoms with Crippen molar-refractivity contribution in [1.29, 1.82) is 0 Å². The molecular weight excluding hydrogens is 274 g/mol. The van der Waals surface area contributed by atoms with Crippen LogP contribution in [0.25, 0.3) is 0 Å². The Labute approximate surface area is 121 Å². The van der Waals surface area contributed by atoms with E-state index in [4.69, 9.17) is 15.0 Å². The van der Waals surface area contributed by atoms with Gasteiger partial charge in [0.15, 0.2) is 12.4 Å². The lowest BCUT2D eigenvalue weighted by molar-refractivity contribution is 0.0437. The topological polar surface area (TPSA) is 107 Å². The lowest BCUT2D eigenvalue weighted by Gasteiger charge is -2.05. The fraction of sp³-hybridized carbons (Fsp3) is 0.214. The highest BCUT2D eigenvalue weighted by molar-refractivity contribution is 5.89. The maximum atomic E-state index is 11.8. The first-order valence-electron chi connectivity index (χ1n) is 6.26. The Hall–Kier alpha value is -2.83. The van der Waals surface area contributed by atoms with Crippen LogP contribution in [0.2, 0.25) is 0 Å². The maximum absolute atomic E-state index is 11.8. The Morgan fingerprint density at radius 3 is 2.62 bits per heavy atom. The van der Waals surface area contributed by atoms with Crippen molar-refractivity contribution in [3.63, 3.8) is 0 Å². The number of aromatic nitrogens is 1. The molecule has 1 aromatic heterocycles. The number of hydrogen-bond acceptors (Lipinski definition) is 5. The first kappa shape index (κ1) is 14.6. The van der Waals surface area contributed by atoms with Crippen LogP contribution in [0.1, 0.15) is 27.4 Å². The second kappa shape index (κ2) is 6.56. The number of rotatable bonds is 5. The zero-order valence-corrected chi connectivity index (χ0v) is 11.5. The summed E-state index contributed by atoms with van der Waals surface area (Å²) >= 11 is 0. The van der Waals surface area contributed by atoms with E-state index in [-0.39, 0.29) is 6.61 Å². The van der Waals surface area contributed by atoms with Crippen molar-refractivity contribution >= 4 is 12.0 Å². The number of urea groups is 1. The number of nitrogens with zero attached hydrogens (tertiary/aromatic N) is 1. The minimum atomic E-state index is -0.596. The third kappa shape index (κ3) is 4.34. The van der Waals surface area contributed by atoms with Gasteiger partial charge in [0.05, 0.1) is 11.3 Å². The van der Waals surface area contributed by atoms with E-state index < -0.39 is 12.0 Å². The molecule has 0 aliphatic heterocycles. The Morgan fingerprint density at radius 1 is 1.33 bits per heavy atom. The predicted octanol–water partition coefficient (Wildman–Crippen LogP) is 1.51. The van der Waals surface area contributed by atoms with E-state index in [9.17, 15) is 9.59 Å². The maximum Gasteiger partial charge on any atom is 0.338 e. The second-order valence-electron chi connectivity index (χ2n) is 4.43. The molecule has 0 fully saturated rings. The van der Waals surface area contributed by atoms with Gasteiger partial charge in [0.1, 0.15) is 0 Å². The Morgan fingerprint density at radius 2 is 2.05 bits per heavy atom. The Balaban J connectivity index is 1.88. The van der Waals surface area contributed by atoms with Gasteiger partial charge in [-0.05, 0) is 24.6 Å². The molecule has 110 valence electrons. The molecule has 0 aliphatic carbocycles. The van der Waals surface area contributed by atoms with Crippen molar-refractivity contribution in [3.05, 3.63) is 52.9 Å². The molecule has 1 aromatic carbocycles. The monoisotopic (exact) mass is 289 g/mol. The van der Waals surface area contributed by atoms with Gasteiger partial charge in [0.2, 0.25) is 0 Å². The third-order valence-electron chi connectivity index (χ3n) is 2.68. The summed E-state index contributed by atoms with van der Waals surface area (Å²) < 4.78 is 10.0. The zero-order chi connectivity index (χ0) is 15.2. The number of nitrogens with one attached hydrogen (secondary N) is 1. The van der Waals surface area contributed by atoms with Gasteiger partial charge in [0, 0.05) is 12.6 Å². The van der Waals surface area contributed by atoms with E-state index in [2.05, 4.69) is 10.5 Å². The normalized spacial score (nSPS) is 10.1. The SMILES string of the molecule is Cc1cc(COC(=O)c2ccc(CNC(N)=O)cc2)on1. The fourth-order valence-corrected chi connectivity index (χ4v) is 1.65. The molecule has 0 spiro atoms. The van der Waals surface area contributed by atoms with E-state index in [1.165, 1.54) is 0 Å². The van der Waals surface area contributed by atoms with Crippen LogP contribution < -0.4 is 11.1 Å². The number of benzene rings is 1. The van der Waals surface area contributed by atoms with Crippen LogP contribution in [0.5, 0.6) is 0 Å². The van der Waals surface area contributed by atoms with Crippen LogP contribution in [-0.2, 0) is 17.9 Å². The van der Waals surface area contributed by atoms with Gasteiger partial charge in [0.25, 0.3) is 0 Å². The number of hydrogen-bond donors (Lipinski definition) is 2. The van der Waals surface area contributed by atoms with Gasteiger partial charge >= 0.3 is 12.0 Å². The number of ether oxygens (including phenoxy) is 1. The van der Waals surface area contributed by atoms with Gasteiger partial charge in [-0.25, -0.2) is 9.59 Å². The number of aryl methyl sites for hydroxylation is 1. The molecule has 7 heteroatoms. The molecule has 0 bridgehead atoms. The fourth-order valence-electron chi connectivity index (χ4n) is 1.65. The number of carbonyl (C=O) groups is 2. The van der Waals surface area contributed by atoms with Gasteiger partial charge in [-0.1, -0.05) is 17.3 Å². The molecule has 0 atom stereocenters. The van der Waals surface area contributed by atoms with Gasteiger partial charge in [-0.2, -0.15) is 0 Å². The van der Waals surface area contributed by atoms with Crippen molar-refractivity contribution in [2.24, 2.45) is 5.73 Å². The standard InChI is InChI=1S/C14H15N3O4/c1-9-6-12(21-17-9)8-20-13(18)11-4-2-10(3-5-11)7-16-14(15)19/h2-6H,7-8H2,1H3,(H3,15,16,19). The van der Waals surface area contributed by atoms with Crippen LogP contribution in [0, 0.1) is 6.92 Å².